The number of hydrogen-bond acceptors (Lipinski definition) is 2. The Morgan fingerprint density at radius 3 is 2.87 bits per heavy atom. The summed E-state index contributed by atoms with van der Waals surface area (Å²) in [6, 6.07) is 2.33. The van der Waals surface area contributed by atoms with Gasteiger partial charge in [-0.3, -0.25) is 0 Å². The zero-order valence-electron chi connectivity index (χ0n) is 8.52. The van der Waals surface area contributed by atoms with Crippen LogP contribution in [0.25, 0.3) is 0 Å². The standard InChI is InChI=1S/C11H13F2NO/c1-14-6-10-11-7(4-5-15-10)8(12)2-3-9(11)13/h2-3,10,14H,4-6H2,1H3/t10-/m1/s1. The molecule has 2 nitrogen and oxygen atoms in total. The van der Waals surface area contributed by atoms with E-state index in [9.17, 15) is 8.78 Å². The molecule has 2 rings (SSSR count). The summed E-state index contributed by atoms with van der Waals surface area (Å²) < 4.78 is 32.4. The van der Waals surface area contributed by atoms with E-state index in [-0.39, 0.29) is 17.7 Å². The summed E-state index contributed by atoms with van der Waals surface area (Å²) >= 11 is 0. The van der Waals surface area contributed by atoms with Gasteiger partial charge in [-0.2, -0.15) is 0 Å². The molecule has 1 atom stereocenters. The van der Waals surface area contributed by atoms with Crippen LogP contribution in [0.2, 0.25) is 0 Å². The molecule has 0 saturated carbocycles. The van der Waals surface area contributed by atoms with Crippen molar-refractivity contribution < 1.29 is 13.5 Å². The molecule has 0 unspecified atom stereocenters. The highest BCUT2D eigenvalue weighted by molar-refractivity contribution is 5.34. The number of nitrogens with one attached hydrogen (secondary N) is 1. The number of likely N-dealkylation sites (N-methyl/N-ethyl adjacent to an activating group) is 1. The van der Waals surface area contributed by atoms with E-state index in [0.29, 0.717) is 30.7 Å². The van der Waals surface area contributed by atoms with Crippen molar-refractivity contribution in [1.82, 2.24) is 5.32 Å². The first-order valence-corrected chi connectivity index (χ1v) is 4.97. The van der Waals surface area contributed by atoms with Crippen LogP contribution in [-0.4, -0.2) is 20.2 Å². The first-order chi connectivity index (χ1) is 7.24. The van der Waals surface area contributed by atoms with Gasteiger partial charge in [0.25, 0.3) is 0 Å². The molecule has 0 spiro atoms. The minimum atomic E-state index is -0.383. The molecule has 82 valence electrons. The third-order valence-electron chi connectivity index (χ3n) is 2.63. The molecule has 0 aliphatic carbocycles. The van der Waals surface area contributed by atoms with Crippen LogP contribution in [-0.2, 0) is 11.2 Å². The second kappa shape index (κ2) is 4.24. The summed E-state index contributed by atoms with van der Waals surface area (Å²) in [5.74, 6) is -0.720. The van der Waals surface area contributed by atoms with Gasteiger partial charge in [-0.05, 0) is 31.2 Å². The highest BCUT2D eigenvalue weighted by Gasteiger charge is 2.26. The molecule has 0 saturated heterocycles. The van der Waals surface area contributed by atoms with E-state index < -0.39 is 0 Å². The van der Waals surface area contributed by atoms with Crippen molar-refractivity contribution >= 4 is 0 Å². The van der Waals surface area contributed by atoms with Gasteiger partial charge >= 0.3 is 0 Å². The Labute approximate surface area is 87.2 Å². The summed E-state index contributed by atoms with van der Waals surface area (Å²) in [6.45, 7) is 0.938. The average Bonchev–Trinajstić information content (AvgIpc) is 2.24. The van der Waals surface area contributed by atoms with Gasteiger partial charge in [-0.25, -0.2) is 8.78 Å². The molecule has 0 bridgehead atoms. The number of benzene rings is 1. The van der Waals surface area contributed by atoms with Crippen LogP contribution in [0.15, 0.2) is 12.1 Å². The molecular formula is C11H13F2NO. The Bertz CT molecular complexity index is 368. The van der Waals surface area contributed by atoms with Crippen molar-refractivity contribution in [2.24, 2.45) is 0 Å². The van der Waals surface area contributed by atoms with Crippen LogP contribution in [0.4, 0.5) is 8.78 Å². The fraction of sp³-hybridized carbons (Fsp3) is 0.455. The van der Waals surface area contributed by atoms with E-state index in [2.05, 4.69) is 5.32 Å². The summed E-state index contributed by atoms with van der Waals surface area (Å²) in [5.41, 5.74) is 0.831. The van der Waals surface area contributed by atoms with E-state index in [4.69, 9.17) is 4.74 Å². The van der Waals surface area contributed by atoms with Gasteiger partial charge in [-0.15, -0.1) is 0 Å². The van der Waals surface area contributed by atoms with Crippen molar-refractivity contribution in [3.05, 3.63) is 34.9 Å². The first-order valence-electron chi connectivity index (χ1n) is 4.97. The minimum absolute atomic E-state index is 0.337. The molecule has 0 fully saturated rings. The quantitative estimate of drug-likeness (QED) is 0.808. The van der Waals surface area contributed by atoms with Crippen molar-refractivity contribution in [1.29, 1.82) is 0 Å². The predicted molar refractivity (Wildman–Crippen MR) is 52.7 cm³/mol. The van der Waals surface area contributed by atoms with Gasteiger partial charge in [-0.1, -0.05) is 0 Å². The van der Waals surface area contributed by atoms with E-state index >= 15 is 0 Å². The Balaban J connectivity index is 2.45. The van der Waals surface area contributed by atoms with Crippen molar-refractivity contribution in [2.45, 2.75) is 12.5 Å². The SMILES string of the molecule is CNC[C@H]1OCCc2c(F)ccc(F)c21. The topological polar surface area (TPSA) is 21.3 Å². The molecule has 0 aromatic heterocycles. The Hall–Kier alpha value is -1.00. The number of halogens is 2. The van der Waals surface area contributed by atoms with Crippen LogP contribution in [0.5, 0.6) is 0 Å². The highest BCUT2D eigenvalue weighted by Crippen LogP contribution is 2.30. The molecule has 15 heavy (non-hydrogen) atoms. The molecule has 1 aliphatic rings. The van der Waals surface area contributed by atoms with Crippen LogP contribution < -0.4 is 5.32 Å². The lowest BCUT2D eigenvalue weighted by Crippen LogP contribution is -2.27. The highest BCUT2D eigenvalue weighted by atomic mass is 19.1. The monoisotopic (exact) mass is 213 g/mol. The van der Waals surface area contributed by atoms with Crippen LogP contribution in [0.1, 0.15) is 17.2 Å². The Morgan fingerprint density at radius 2 is 2.13 bits per heavy atom. The summed E-state index contributed by atoms with van der Waals surface area (Å²) in [5, 5.41) is 2.91. The lowest BCUT2D eigenvalue weighted by atomic mass is 9.96. The maximum Gasteiger partial charge on any atom is 0.129 e. The van der Waals surface area contributed by atoms with E-state index in [1.54, 1.807) is 7.05 Å². The van der Waals surface area contributed by atoms with Crippen LogP contribution >= 0.6 is 0 Å². The van der Waals surface area contributed by atoms with Gasteiger partial charge in [0.1, 0.15) is 11.6 Å². The number of fused-ring (bicyclic) bond motifs is 1. The van der Waals surface area contributed by atoms with Gasteiger partial charge < -0.3 is 10.1 Å². The van der Waals surface area contributed by atoms with Gasteiger partial charge in [0.2, 0.25) is 0 Å². The fourth-order valence-electron chi connectivity index (χ4n) is 1.94. The largest absolute Gasteiger partial charge is 0.372 e. The second-order valence-corrected chi connectivity index (χ2v) is 3.59. The fourth-order valence-corrected chi connectivity index (χ4v) is 1.94. The lowest BCUT2D eigenvalue weighted by Gasteiger charge is -2.26. The number of hydrogen-bond donors (Lipinski definition) is 1. The van der Waals surface area contributed by atoms with E-state index in [0.717, 1.165) is 6.07 Å². The smallest absolute Gasteiger partial charge is 0.129 e. The lowest BCUT2D eigenvalue weighted by molar-refractivity contribution is 0.0399. The molecule has 1 aromatic carbocycles. The maximum atomic E-state index is 13.6. The Morgan fingerprint density at radius 1 is 1.40 bits per heavy atom. The summed E-state index contributed by atoms with van der Waals surface area (Å²) in [7, 11) is 1.76. The van der Waals surface area contributed by atoms with E-state index in [1.165, 1.54) is 6.07 Å². The average molecular weight is 213 g/mol. The second-order valence-electron chi connectivity index (χ2n) is 3.59. The van der Waals surface area contributed by atoms with Crippen LogP contribution in [0.3, 0.4) is 0 Å². The van der Waals surface area contributed by atoms with Crippen LogP contribution in [0, 0.1) is 11.6 Å². The predicted octanol–water partition coefficient (Wildman–Crippen LogP) is 1.80. The number of rotatable bonds is 2. The molecular weight excluding hydrogens is 200 g/mol. The van der Waals surface area contributed by atoms with Crippen molar-refractivity contribution in [2.75, 3.05) is 20.2 Å². The first kappa shape index (κ1) is 10.5. The summed E-state index contributed by atoms with van der Waals surface area (Å²) in [4.78, 5) is 0. The van der Waals surface area contributed by atoms with Crippen molar-refractivity contribution in [3.8, 4) is 0 Å². The molecule has 1 aromatic rings. The zero-order valence-corrected chi connectivity index (χ0v) is 8.52. The maximum absolute atomic E-state index is 13.6. The van der Waals surface area contributed by atoms with Gasteiger partial charge in [0, 0.05) is 12.1 Å². The molecule has 0 amide bonds. The molecule has 4 heteroatoms. The van der Waals surface area contributed by atoms with E-state index in [1.807, 2.05) is 0 Å². The van der Waals surface area contributed by atoms with Gasteiger partial charge in [0.15, 0.2) is 0 Å². The molecule has 0 radical (unpaired) electrons. The third-order valence-corrected chi connectivity index (χ3v) is 2.63. The minimum Gasteiger partial charge on any atom is -0.372 e. The number of ether oxygens (including phenoxy) is 1. The molecule has 1 aliphatic heterocycles. The normalized spacial score (nSPS) is 20.1. The third kappa shape index (κ3) is 1.87. The molecule has 1 heterocycles. The zero-order chi connectivity index (χ0) is 10.8. The van der Waals surface area contributed by atoms with Crippen molar-refractivity contribution in [3.63, 3.8) is 0 Å². The molecule has 1 N–H and O–H groups in total. The summed E-state index contributed by atoms with van der Waals surface area (Å²) in [6.07, 6.45) is 0.0635. The van der Waals surface area contributed by atoms with Gasteiger partial charge in [0.05, 0.1) is 12.7 Å². The Kier molecular flexibility index (Phi) is 2.98.